The number of rotatable bonds is 3. The summed E-state index contributed by atoms with van der Waals surface area (Å²) in [6.07, 6.45) is 0. The first-order chi connectivity index (χ1) is 10.0. The van der Waals surface area contributed by atoms with Crippen molar-refractivity contribution in [3.05, 3.63) is 64.7 Å². The van der Waals surface area contributed by atoms with Crippen LogP contribution in [0.5, 0.6) is 0 Å². The van der Waals surface area contributed by atoms with E-state index in [0.717, 1.165) is 16.8 Å². The summed E-state index contributed by atoms with van der Waals surface area (Å²) in [5, 5.41) is 14.4. The lowest BCUT2D eigenvalue weighted by molar-refractivity contribution is 0.102. The van der Waals surface area contributed by atoms with Crippen molar-refractivity contribution in [2.75, 3.05) is 5.32 Å². The molecular weight excluding hydrogens is 266 g/mol. The minimum Gasteiger partial charge on any atom is -0.409 e. The number of oxime groups is 1. The number of carbonyl (C=O) groups excluding carboxylic acids is 1. The Morgan fingerprint density at radius 1 is 1.10 bits per heavy atom. The molecule has 0 atom stereocenters. The van der Waals surface area contributed by atoms with E-state index in [1.165, 1.54) is 0 Å². The molecule has 0 fully saturated rings. The van der Waals surface area contributed by atoms with E-state index in [4.69, 9.17) is 10.9 Å². The van der Waals surface area contributed by atoms with Crippen LogP contribution < -0.4 is 11.1 Å². The molecule has 21 heavy (non-hydrogen) atoms. The van der Waals surface area contributed by atoms with Gasteiger partial charge in [0.2, 0.25) is 0 Å². The van der Waals surface area contributed by atoms with Crippen molar-refractivity contribution in [1.82, 2.24) is 0 Å². The van der Waals surface area contributed by atoms with Gasteiger partial charge >= 0.3 is 0 Å². The molecule has 108 valence electrons. The maximum atomic E-state index is 12.2. The standard InChI is InChI=1S/C16H17N3O2/c1-10-3-8-14(11(2)9-10)18-16(20)13-6-4-12(5-7-13)15(17)19-21/h3-9,21H,1-2H3,(H2,17,19)(H,18,20). The van der Waals surface area contributed by atoms with Crippen LogP contribution in [0.2, 0.25) is 0 Å². The number of anilines is 1. The van der Waals surface area contributed by atoms with Crippen molar-refractivity contribution in [3.8, 4) is 0 Å². The van der Waals surface area contributed by atoms with Gasteiger partial charge in [-0.25, -0.2) is 0 Å². The van der Waals surface area contributed by atoms with Crippen molar-refractivity contribution < 1.29 is 10.0 Å². The molecule has 2 rings (SSSR count). The first-order valence-corrected chi connectivity index (χ1v) is 6.48. The number of amidine groups is 1. The molecule has 0 aliphatic rings. The third-order valence-electron chi connectivity index (χ3n) is 3.18. The number of hydrogen-bond acceptors (Lipinski definition) is 3. The number of amides is 1. The fourth-order valence-corrected chi connectivity index (χ4v) is 2.00. The SMILES string of the molecule is Cc1ccc(NC(=O)c2ccc(/C(N)=N/O)cc2)c(C)c1. The van der Waals surface area contributed by atoms with Crippen LogP contribution >= 0.6 is 0 Å². The highest BCUT2D eigenvalue weighted by Crippen LogP contribution is 2.17. The molecule has 2 aromatic rings. The average Bonchev–Trinajstić information content (AvgIpc) is 2.49. The Morgan fingerprint density at radius 3 is 2.29 bits per heavy atom. The maximum Gasteiger partial charge on any atom is 0.255 e. The molecule has 0 heterocycles. The third kappa shape index (κ3) is 3.39. The van der Waals surface area contributed by atoms with Gasteiger partial charge in [-0.2, -0.15) is 0 Å². The maximum absolute atomic E-state index is 12.2. The summed E-state index contributed by atoms with van der Waals surface area (Å²) in [7, 11) is 0. The van der Waals surface area contributed by atoms with E-state index >= 15 is 0 Å². The number of nitrogens with zero attached hydrogens (tertiary/aromatic N) is 1. The van der Waals surface area contributed by atoms with Crippen molar-refractivity contribution >= 4 is 17.4 Å². The van der Waals surface area contributed by atoms with Crippen LogP contribution in [0.25, 0.3) is 0 Å². The van der Waals surface area contributed by atoms with E-state index in [-0.39, 0.29) is 11.7 Å². The van der Waals surface area contributed by atoms with Crippen LogP contribution in [0.15, 0.2) is 47.6 Å². The highest BCUT2D eigenvalue weighted by Gasteiger charge is 2.08. The van der Waals surface area contributed by atoms with Gasteiger partial charge < -0.3 is 16.3 Å². The lowest BCUT2D eigenvalue weighted by Crippen LogP contribution is -2.15. The van der Waals surface area contributed by atoms with E-state index in [1.807, 2.05) is 32.0 Å². The topological polar surface area (TPSA) is 87.7 Å². The monoisotopic (exact) mass is 283 g/mol. The number of nitrogens with one attached hydrogen (secondary N) is 1. The van der Waals surface area contributed by atoms with Gasteiger partial charge in [0.15, 0.2) is 5.84 Å². The molecule has 0 aliphatic heterocycles. The smallest absolute Gasteiger partial charge is 0.255 e. The summed E-state index contributed by atoms with van der Waals surface area (Å²) in [4.78, 5) is 12.2. The van der Waals surface area contributed by atoms with E-state index < -0.39 is 0 Å². The summed E-state index contributed by atoms with van der Waals surface area (Å²) < 4.78 is 0. The molecule has 0 radical (unpaired) electrons. The van der Waals surface area contributed by atoms with E-state index in [1.54, 1.807) is 24.3 Å². The molecule has 2 aromatic carbocycles. The molecule has 5 nitrogen and oxygen atoms in total. The Bertz CT molecular complexity index is 691. The normalized spacial score (nSPS) is 11.2. The zero-order chi connectivity index (χ0) is 15.4. The Hall–Kier alpha value is -2.82. The van der Waals surface area contributed by atoms with Gasteiger partial charge in [0, 0.05) is 16.8 Å². The summed E-state index contributed by atoms with van der Waals surface area (Å²) in [5.41, 5.74) is 9.48. The van der Waals surface area contributed by atoms with Crippen LogP contribution in [0.3, 0.4) is 0 Å². The molecule has 0 spiro atoms. The zero-order valence-corrected chi connectivity index (χ0v) is 11.9. The number of nitrogens with two attached hydrogens (primary N) is 1. The zero-order valence-electron chi connectivity index (χ0n) is 11.9. The lowest BCUT2D eigenvalue weighted by atomic mass is 10.1. The van der Waals surface area contributed by atoms with Crippen LogP contribution in [-0.4, -0.2) is 17.0 Å². The van der Waals surface area contributed by atoms with Crippen molar-refractivity contribution in [2.45, 2.75) is 13.8 Å². The minimum absolute atomic E-state index is 0.0105. The lowest BCUT2D eigenvalue weighted by Gasteiger charge is -2.09. The first kappa shape index (κ1) is 14.6. The van der Waals surface area contributed by atoms with Crippen LogP contribution in [0.1, 0.15) is 27.0 Å². The molecule has 1 amide bonds. The quantitative estimate of drug-likeness (QED) is 0.350. The van der Waals surface area contributed by atoms with Crippen molar-refractivity contribution in [3.63, 3.8) is 0 Å². The summed E-state index contributed by atoms with van der Waals surface area (Å²) >= 11 is 0. The molecule has 0 unspecified atom stereocenters. The molecule has 0 aliphatic carbocycles. The second-order valence-corrected chi connectivity index (χ2v) is 4.84. The first-order valence-electron chi connectivity index (χ1n) is 6.48. The second-order valence-electron chi connectivity index (χ2n) is 4.84. The highest BCUT2D eigenvalue weighted by molar-refractivity contribution is 6.05. The molecule has 5 heteroatoms. The average molecular weight is 283 g/mol. The predicted octanol–water partition coefficient (Wildman–Crippen LogP) is 2.65. The molecule has 0 saturated heterocycles. The highest BCUT2D eigenvalue weighted by atomic mass is 16.4. The van der Waals surface area contributed by atoms with Crippen molar-refractivity contribution in [2.24, 2.45) is 10.9 Å². The van der Waals surface area contributed by atoms with Gasteiger partial charge in [-0.15, -0.1) is 0 Å². The van der Waals surface area contributed by atoms with Gasteiger partial charge in [0.05, 0.1) is 0 Å². The fraction of sp³-hybridized carbons (Fsp3) is 0.125. The van der Waals surface area contributed by atoms with Gasteiger partial charge in [0.25, 0.3) is 5.91 Å². The van der Waals surface area contributed by atoms with E-state index in [2.05, 4.69) is 10.5 Å². The Morgan fingerprint density at radius 2 is 1.71 bits per heavy atom. The molecular formula is C16H17N3O2. The molecule has 0 bridgehead atoms. The van der Waals surface area contributed by atoms with Crippen LogP contribution in [0, 0.1) is 13.8 Å². The number of aryl methyl sites for hydroxylation is 2. The second kappa shape index (κ2) is 6.09. The molecule has 4 N–H and O–H groups in total. The van der Waals surface area contributed by atoms with Gasteiger partial charge in [-0.05, 0) is 37.6 Å². The Balaban J connectivity index is 2.17. The third-order valence-corrected chi connectivity index (χ3v) is 3.18. The number of carbonyl (C=O) groups is 1. The van der Waals surface area contributed by atoms with Crippen LogP contribution in [0.4, 0.5) is 5.69 Å². The summed E-state index contributed by atoms with van der Waals surface area (Å²) in [6, 6.07) is 12.4. The minimum atomic E-state index is -0.201. The van der Waals surface area contributed by atoms with Gasteiger partial charge in [0.1, 0.15) is 0 Å². The Kier molecular flexibility index (Phi) is 4.23. The van der Waals surface area contributed by atoms with Crippen molar-refractivity contribution in [1.29, 1.82) is 0 Å². The largest absolute Gasteiger partial charge is 0.409 e. The molecule has 0 aromatic heterocycles. The summed E-state index contributed by atoms with van der Waals surface area (Å²) in [5.74, 6) is -0.190. The molecule has 0 saturated carbocycles. The van der Waals surface area contributed by atoms with Gasteiger partial charge in [-0.1, -0.05) is 35.0 Å². The summed E-state index contributed by atoms with van der Waals surface area (Å²) in [6.45, 7) is 3.95. The van der Waals surface area contributed by atoms with Crippen LogP contribution in [-0.2, 0) is 0 Å². The fourth-order valence-electron chi connectivity index (χ4n) is 2.00. The van der Waals surface area contributed by atoms with E-state index in [0.29, 0.717) is 11.1 Å². The Labute approximate surface area is 123 Å². The number of benzene rings is 2. The van der Waals surface area contributed by atoms with Gasteiger partial charge in [-0.3, -0.25) is 4.79 Å². The number of hydrogen-bond donors (Lipinski definition) is 3. The predicted molar refractivity (Wildman–Crippen MR) is 82.8 cm³/mol. The van der Waals surface area contributed by atoms with E-state index in [9.17, 15) is 4.79 Å².